The van der Waals surface area contributed by atoms with Gasteiger partial charge in [-0.05, 0) is 54.2 Å². The van der Waals surface area contributed by atoms with Crippen LogP contribution in [0.5, 0.6) is 17.2 Å². The topological polar surface area (TPSA) is 73.9 Å². The van der Waals surface area contributed by atoms with Gasteiger partial charge in [0.1, 0.15) is 5.75 Å². The monoisotopic (exact) mass is 435 g/mol. The predicted molar refractivity (Wildman–Crippen MR) is 121 cm³/mol. The number of Topliss-reactive ketones (excluding diaryl/α,β-unsaturated/α-hetero) is 1. The highest BCUT2D eigenvalue weighted by Gasteiger charge is 2.38. The Morgan fingerprint density at radius 2 is 1.62 bits per heavy atom. The number of ketones is 1. The number of methoxy groups -OCH3 is 2. The molecule has 1 N–H and O–H groups in total. The van der Waals surface area contributed by atoms with Crippen LogP contribution in [0.1, 0.15) is 55.6 Å². The number of benzene rings is 2. The van der Waals surface area contributed by atoms with E-state index in [1.165, 1.54) is 0 Å². The fourth-order valence-electron chi connectivity index (χ4n) is 4.60. The lowest BCUT2D eigenvalue weighted by Gasteiger charge is -2.34. The molecule has 0 fully saturated rings. The van der Waals surface area contributed by atoms with Crippen LogP contribution >= 0.6 is 0 Å². The summed E-state index contributed by atoms with van der Waals surface area (Å²) in [5, 5.41) is 2.98. The average Bonchev–Trinajstić information content (AvgIpc) is 2.81. The van der Waals surface area contributed by atoms with Crippen molar-refractivity contribution >= 4 is 11.7 Å². The van der Waals surface area contributed by atoms with E-state index in [0.29, 0.717) is 30.9 Å². The highest BCUT2D eigenvalue weighted by Crippen LogP contribution is 2.44. The molecule has 168 valence electrons. The molecule has 2 aromatic rings. The summed E-state index contributed by atoms with van der Waals surface area (Å²) in [6, 6.07) is 13.5. The average molecular weight is 436 g/mol. The highest BCUT2D eigenvalue weighted by atomic mass is 16.5. The molecule has 2 unspecified atom stereocenters. The third-order valence-corrected chi connectivity index (χ3v) is 6.17. The third kappa shape index (κ3) is 4.35. The molecule has 4 rings (SSSR count). The van der Waals surface area contributed by atoms with E-state index in [0.717, 1.165) is 34.6 Å². The van der Waals surface area contributed by atoms with E-state index in [-0.39, 0.29) is 29.9 Å². The van der Waals surface area contributed by atoms with Gasteiger partial charge in [0.25, 0.3) is 0 Å². The summed E-state index contributed by atoms with van der Waals surface area (Å²) in [7, 11) is 3.19. The second-order valence-corrected chi connectivity index (χ2v) is 8.26. The number of rotatable bonds is 7. The molecule has 2 aromatic carbocycles. The van der Waals surface area contributed by atoms with Crippen molar-refractivity contribution in [3.63, 3.8) is 0 Å². The van der Waals surface area contributed by atoms with E-state index in [1.807, 2.05) is 42.5 Å². The molecule has 1 aliphatic carbocycles. The minimum atomic E-state index is -0.224. The lowest BCUT2D eigenvalue weighted by molar-refractivity contribution is -0.122. The first-order valence-electron chi connectivity index (χ1n) is 11.0. The number of hydrogen-bond acceptors (Lipinski definition) is 5. The second kappa shape index (κ2) is 9.47. The molecule has 0 bridgehead atoms. The van der Waals surface area contributed by atoms with Gasteiger partial charge in [-0.2, -0.15) is 0 Å². The van der Waals surface area contributed by atoms with Crippen molar-refractivity contribution in [2.24, 2.45) is 0 Å². The van der Waals surface area contributed by atoms with Crippen LogP contribution in [0.4, 0.5) is 0 Å². The molecule has 1 amide bonds. The van der Waals surface area contributed by atoms with Crippen molar-refractivity contribution in [3.05, 3.63) is 64.9 Å². The fraction of sp³-hybridized carbons (Fsp3) is 0.385. The zero-order chi connectivity index (χ0) is 22.7. The fourth-order valence-corrected chi connectivity index (χ4v) is 4.60. The first-order chi connectivity index (χ1) is 15.5. The Hall–Kier alpha value is -3.28. The minimum absolute atomic E-state index is 0.0232. The molecule has 1 aliphatic heterocycles. The van der Waals surface area contributed by atoms with Crippen molar-refractivity contribution in [1.82, 2.24) is 5.32 Å². The van der Waals surface area contributed by atoms with E-state index >= 15 is 0 Å². The SMILES string of the molecule is CCCOc1ccc(C2CC(=O)NC3=C2C(=O)CC(c2ccc(OC)c(OC)c2)C3)cc1. The van der Waals surface area contributed by atoms with Crippen LogP contribution in [0.2, 0.25) is 0 Å². The maximum absolute atomic E-state index is 13.3. The Kier molecular flexibility index (Phi) is 6.49. The number of allylic oxidation sites excluding steroid dienone is 2. The summed E-state index contributed by atoms with van der Waals surface area (Å²) < 4.78 is 16.4. The van der Waals surface area contributed by atoms with Crippen LogP contribution < -0.4 is 19.5 Å². The molecule has 2 atom stereocenters. The predicted octanol–water partition coefficient (Wildman–Crippen LogP) is 4.50. The Bertz CT molecular complexity index is 1040. The largest absolute Gasteiger partial charge is 0.494 e. The molecule has 32 heavy (non-hydrogen) atoms. The zero-order valence-corrected chi connectivity index (χ0v) is 18.8. The van der Waals surface area contributed by atoms with Crippen molar-refractivity contribution in [1.29, 1.82) is 0 Å². The Morgan fingerprint density at radius 1 is 0.906 bits per heavy atom. The van der Waals surface area contributed by atoms with Crippen LogP contribution in [0, 0.1) is 0 Å². The number of amides is 1. The summed E-state index contributed by atoms with van der Waals surface area (Å²) in [5.41, 5.74) is 3.45. The van der Waals surface area contributed by atoms with Crippen molar-refractivity contribution in [2.75, 3.05) is 20.8 Å². The van der Waals surface area contributed by atoms with Gasteiger partial charge in [-0.15, -0.1) is 0 Å². The molecule has 0 saturated heterocycles. The molecule has 6 nitrogen and oxygen atoms in total. The lowest BCUT2D eigenvalue weighted by Crippen LogP contribution is -2.38. The summed E-state index contributed by atoms with van der Waals surface area (Å²) >= 11 is 0. The molecule has 0 radical (unpaired) electrons. The molecule has 6 heteroatoms. The Balaban J connectivity index is 1.62. The van der Waals surface area contributed by atoms with E-state index in [4.69, 9.17) is 14.2 Å². The van der Waals surface area contributed by atoms with Crippen LogP contribution in [0.3, 0.4) is 0 Å². The van der Waals surface area contributed by atoms with Crippen LogP contribution in [0.25, 0.3) is 0 Å². The second-order valence-electron chi connectivity index (χ2n) is 8.26. The maximum Gasteiger partial charge on any atom is 0.225 e. The van der Waals surface area contributed by atoms with Gasteiger partial charge in [-0.25, -0.2) is 0 Å². The highest BCUT2D eigenvalue weighted by molar-refractivity contribution is 6.02. The van der Waals surface area contributed by atoms with Gasteiger partial charge in [0.2, 0.25) is 5.91 Å². The number of ether oxygens (including phenoxy) is 3. The molecular weight excluding hydrogens is 406 g/mol. The van der Waals surface area contributed by atoms with Gasteiger partial charge in [0.15, 0.2) is 17.3 Å². The summed E-state index contributed by atoms with van der Waals surface area (Å²) in [6.07, 6.45) is 2.23. The normalized spacial score (nSPS) is 20.5. The molecule has 0 spiro atoms. The Morgan fingerprint density at radius 3 is 2.31 bits per heavy atom. The first-order valence-corrected chi connectivity index (χ1v) is 11.0. The molecule has 0 aromatic heterocycles. The van der Waals surface area contributed by atoms with E-state index in [2.05, 4.69) is 12.2 Å². The van der Waals surface area contributed by atoms with Gasteiger partial charge >= 0.3 is 0 Å². The number of carbonyl (C=O) groups excluding carboxylic acids is 2. The van der Waals surface area contributed by atoms with Crippen LogP contribution in [-0.4, -0.2) is 32.5 Å². The summed E-state index contributed by atoms with van der Waals surface area (Å²) in [4.78, 5) is 25.8. The number of hydrogen-bond donors (Lipinski definition) is 1. The van der Waals surface area contributed by atoms with Gasteiger partial charge < -0.3 is 19.5 Å². The minimum Gasteiger partial charge on any atom is -0.494 e. The van der Waals surface area contributed by atoms with Crippen molar-refractivity contribution in [2.45, 2.75) is 44.4 Å². The lowest BCUT2D eigenvalue weighted by atomic mass is 9.73. The molecule has 0 saturated carbocycles. The van der Waals surface area contributed by atoms with Gasteiger partial charge in [0.05, 0.1) is 20.8 Å². The quantitative estimate of drug-likeness (QED) is 0.693. The standard InChI is InChI=1S/C26H29NO5/c1-4-11-32-19-8-5-16(6-9-19)20-15-25(29)27-21-12-18(13-22(28)26(20)21)17-7-10-23(30-2)24(14-17)31-3/h5-10,14,18,20H,4,11-13,15H2,1-3H3,(H,27,29). The van der Waals surface area contributed by atoms with E-state index in [1.54, 1.807) is 14.2 Å². The van der Waals surface area contributed by atoms with E-state index in [9.17, 15) is 9.59 Å². The van der Waals surface area contributed by atoms with Gasteiger partial charge in [-0.1, -0.05) is 25.1 Å². The summed E-state index contributed by atoms with van der Waals surface area (Å²) in [6.45, 7) is 2.73. The van der Waals surface area contributed by atoms with Crippen molar-refractivity contribution < 1.29 is 23.8 Å². The first kappa shape index (κ1) is 21.9. The van der Waals surface area contributed by atoms with Crippen molar-refractivity contribution in [3.8, 4) is 17.2 Å². The third-order valence-electron chi connectivity index (χ3n) is 6.17. The zero-order valence-electron chi connectivity index (χ0n) is 18.8. The van der Waals surface area contributed by atoms with Gasteiger partial charge in [0, 0.05) is 30.0 Å². The molecular formula is C26H29NO5. The summed E-state index contributed by atoms with van der Waals surface area (Å²) in [5.74, 6) is 1.86. The Labute approximate surface area is 188 Å². The molecule has 1 heterocycles. The number of carbonyl (C=O) groups is 2. The van der Waals surface area contributed by atoms with E-state index < -0.39 is 0 Å². The van der Waals surface area contributed by atoms with Crippen LogP contribution in [0.15, 0.2) is 53.7 Å². The maximum atomic E-state index is 13.3. The van der Waals surface area contributed by atoms with Crippen LogP contribution in [-0.2, 0) is 9.59 Å². The van der Waals surface area contributed by atoms with Gasteiger partial charge in [-0.3, -0.25) is 9.59 Å². The number of nitrogens with one attached hydrogen (secondary N) is 1. The molecule has 2 aliphatic rings. The smallest absolute Gasteiger partial charge is 0.225 e.